The number of methoxy groups -OCH3 is 1. The minimum absolute atomic E-state index is 0.294. The van der Waals surface area contributed by atoms with Gasteiger partial charge in [0.25, 0.3) is 0 Å². The molecule has 1 aromatic heterocycles. The molecule has 2 aromatic rings. The van der Waals surface area contributed by atoms with Gasteiger partial charge in [-0.25, -0.2) is 4.39 Å². The number of nitrogens with zero attached hydrogens (tertiary/aromatic N) is 2. The lowest BCUT2D eigenvalue weighted by molar-refractivity contribution is 0.398. The van der Waals surface area contributed by atoms with E-state index in [0.717, 1.165) is 5.69 Å². The fourth-order valence-corrected chi connectivity index (χ4v) is 2.16. The summed E-state index contributed by atoms with van der Waals surface area (Å²) < 4.78 is 21.0. The largest absolute Gasteiger partial charge is 0.496 e. The van der Waals surface area contributed by atoms with Gasteiger partial charge in [-0.1, -0.05) is 6.07 Å². The standard InChI is InChI=1S/C15H20FN3O/c1-10(2)19-8-7-11(18-19)9-13(17)15-12(16)5-4-6-14(15)20-3/h4-8,10,13H,9,17H2,1-3H3. The summed E-state index contributed by atoms with van der Waals surface area (Å²) in [5.74, 6) is 0.126. The van der Waals surface area contributed by atoms with Crippen molar-refractivity contribution in [3.05, 3.63) is 47.5 Å². The molecule has 1 aromatic carbocycles. The van der Waals surface area contributed by atoms with Crippen LogP contribution in [-0.2, 0) is 6.42 Å². The van der Waals surface area contributed by atoms with Crippen molar-refractivity contribution in [3.63, 3.8) is 0 Å². The zero-order chi connectivity index (χ0) is 14.7. The van der Waals surface area contributed by atoms with Gasteiger partial charge in [0, 0.05) is 30.3 Å². The molecule has 20 heavy (non-hydrogen) atoms. The molecule has 0 amide bonds. The molecule has 0 aliphatic rings. The summed E-state index contributed by atoms with van der Waals surface area (Å²) in [4.78, 5) is 0. The van der Waals surface area contributed by atoms with E-state index in [4.69, 9.17) is 10.5 Å². The van der Waals surface area contributed by atoms with Crippen molar-refractivity contribution in [1.82, 2.24) is 9.78 Å². The monoisotopic (exact) mass is 277 g/mol. The highest BCUT2D eigenvalue weighted by Gasteiger charge is 2.18. The fraction of sp³-hybridized carbons (Fsp3) is 0.400. The van der Waals surface area contributed by atoms with Gasteiger partial charge in [0.1, 0.15) is 11.6 Å². The molecule has 108 valence electrons. The third-order valence-corrected chi connectivity index (χ3v) is 3.23. The predicted molar refractivity (Wildman–Crippen MR) is 76.2 cm³/mol. The van der Waals surface area contributed by atoms with E-state index in [9.17, 15) is 4.39 Å². The average molecular weight is 277 g/mol. The molecule has 0 aliphatic carbocycles. The highest BCUT2D eigenvalue weighted by molar-refractivity contribution is 5.37. The summed E-state index contributed by atoms with van der Waals surface area (Å²) in [6.45, 7) is 4.10. The molecule has 0 bridgehead atoms. The third kappa shape index (κ3) is 2.99. The van der Waals surface area contributed by atoms with E-state index < -0.39 is 6.04 Å². The van der Waals surface area contributed by atoms with E-state index in [1.165, 1.54) is 13.2 Å². The van der Waals surface area contributed by atoms with Crippen LogP contribution in [0.15, 0.2) is 30.5 Å². The van der Waals surface area contributed by atoms with E-state index in [0.29, 0.717) is 23.8 Å². The Labute approximate surface area is 118 Å². The summed E-state index contributed by atoms with van der Waals surface area (Å²) in [6.07, 6.45) is 2.38. The molecule has 2 rings (SSSR count). The second-order valence-corrected chi connectivity index (χ2v) is 5.05. The van der Waals surface area contributed by atoms with E-state index in [-0.39, 0.29) is 5.82 Å². The summed E-state index contributed by atoms with van der Waals surface area (Å²) in [6, 6.07) is 6.44. The van der Waals surface area contributed by atoms with Crippen LogP contribution in [0.5, 0.6) is 5.75 Å². The van der Waals surface area contributed by atoms with E-state index in [1.807, 2.05) is 16.9 Å². The molecular weight excluding hydrogens is 257 g/mol. The first-order chi connectivity index (χ1) is 9.52. The fourth-order valence-electron chi connectivity index (χ4n) is 2.16. The molecule has 1 unspecified atom stereocenters. The van der Waals surface area contributed by atoms with Crippen molar-refractivity contribution in [2.24, 2.45) is 5.73 Å². The average Bonchev–Trinajstić information content (AvgIpc) is 2.86. The number of halogens is 1. The Balaban J connectivity index is 2.21. The van der Waals surface area contributed by atoms with Crippen molar-refractivity contribution >= 4 is 0 Å². The van der Waals surface area contributed by atoms with Gasteiger partial charge in [0.2, 0.25) is 0 Å². The lowest BCUT2D eigenvalue weighted by Gasteiger charge is -2.15. The van der Waals surface area contributed by atoms with Gasteiger partial charge in [-0.05, 0) is 32.0 Å². The first-order valence-electron chi connectivity index (χ1n) is 6.65. The summed E-state index contributed by atoms with van der Waals surface area (Å²) in [5.41, 5.74) is 7.36. The lowest BCUT2D eigenvalue weighted by atomic mass is 10.0. The minimum atomic E-state index is -0.485. The summed E-state index contributed by atoms with van der Waals surface area (Å²) in [5, 5.41) is 4.43. The molecule has 1 heterocycles. The molecule has 0 spiro atoms. The van der Waals surface area contributed by atoms with Gasteiger partial charge in [0.15, 0.2) is 0 Å². The Bertz CT molecular complexity index is 580. The minimum Gasteiger partial charge on any atom is -0.496 e. The maximum atomic E-state index is 13.9. The second-order valence-electron chi connectivity index (χ2n) is 5.05. The van der Waals surface area contributed by atoms with Crippen molar-refractivity contribution in [2.75, 3.05) is 7.11 Å². The van der Waals surface area contributed by atoms with Gasteiger partial charge in [0.05, 0.1) is 12.8 Å². The molecule has 0 radical (unpaired) electrons. The van der Waals surface area contributed by atoms with Crippen molar-refractivity contribution in [3.8, 4) is 5.75 Å². The molecule has 0 fully saturated rings. The van der Waals surface area contributed by atoms with Crippen LogP contribution in [0.1, 0.15) is 37.2 Å². The zero-order valence-corrected chi connectivity index (χ0v) is 12.0. The number of hydrogen-bond acceptors (Lipinski definition) is 3. The molecule has 0 saturated heterocycles. The van der Waals surface area contributed by atoms with Crippen molar-refractivity contribution < 1.29 is 9.13 Å². The van der Waals surface area contributed by atoms with Gasteiger partial charge >= 0.3 is 0 Å². The topological polar surface area (TPSA) is 53.1 Å². The van der Waals surface area contributed by atoms with Crippen LogP contribution in [0.25, 0.3) is 0 Å². The number of benzene rings is 1. The highest BCUT2D eigenvalue weighted by Crippen LogP contribution is 2.28. The maximum Gasteiger partial charge on any atom is 0.131 e. The lowest BCUT2D eigenvalue weighted by Crippen LogP contribution is -2.17. The maximum absolute atomic E-state index is 13.9. The van der Waals surface area contributed by atoms with Gasteiger partial charge in [-0.3, -0.25) is 4.68 Å². The Morgan fingerprint density at radius 1 is 1.35 bits per heavy atom. The Morgan fingerprint density at radius 3 is 2.70 bits per heavy atom. The second kappa shape index (κ2) is 6.05. The molecule has 2 N–H and O–H groups in total. The summed E-state index contributed by atoms with van der Waals surface area (Å²) >= 11 is 0. The first kappa shape index (κ1) is 14.5. The van der Waals surface area contributed by atoms with Crippen LogP contribution in [0.4, 0.5) is 4.39 Å². The summed E-state index contributed by atoms with van der Waals surface area (Å²) in [7, 11) is 1.51. The Morgan fingerprint density at radius 2 is 2.10 bits per heavy atom. The number of aromatic nitrogens is 2. The van der Waals surface area contributed by atoms with E-state index in [2.05, 4.69) is 18.9 Å². The number of nitrogens with two attached hydrogens (primary N) is 1. The van der Waals surface area contributed by atoms with Gasteiger partial charge in [-0.15, -0.1) is 0 Å². The molecule has 0 aliphatic heterocycles. The van der Waals surface area contributed by atoms with Crippen LogP contribution in [0, 0.1) is 5.82 Å². The van der Waals surface area contributed by atoms with Crippen LogP contribution >= 0.6 is 0 Å². The molecule has 1 atom stereocenters. The number of ether oxygens (including phenoxy) is 1. The SMILES string of the molecule is COc1cccc(F)c1C(N)Cc1ccn(C(C)C)n1. The molecular formula is C15H20FN3O. The Hall–Kier alpha value is -1.88. The highest BCUT2D eigenvalue weighted by atomic mass is 19.1. The first-order valence-corrected chi connectivity index (χ1v) is 6.65. The van der Waals surface area contributed by atoms with E-state index >= 15 is 0 Å². The van der Waals surface area contributed by atoms with Crippen LogP contribution < -0.4 is 10.5 Å². The van der Waals surface area contributed by atoms with Crippen LogP contribution in [0.2, 0.25) is 0 Å². The molecule has 5 heteroatoms. The van der Waals surface area contributed by atoms with E-state index in [1.54, 1.807) is 12.1 Å². The normalized spacial score (nSPS) is 12.7. The van der Waals surface area contributed by atoms with Crippen molar-refractivity contribution in [1.29, 1.82) is 0 Å². The zero-order valence-electron chi connectivity index (χ0n) is 12.0. The smallest absolute Gasteiger partial charge is 0.131 e. The predicted octanol–water partition coefficient (Wildman–Crippen LogP) is 2.85. The Kier molecular flexibility index (Phi) is 4.39. The third-order valence-electron chi connectivity index (χ3n) is 3.23. The number of rotatable bonds is 5. The quantitative estimate of drug-likeness (QED) is 0.914. The molecule has 0 saturated carbocycles. The van der Waals surface area contributed by atoms with Gasteiger partial charge in [-0.2, -0.15) is 5.10 Å². The van der Waals surface area contributed by atoms with Crippen molar-refractivity contribution in [2.45, 2.75) is 32.4 Å². The van der Waals surface area contributed by atoms with Crippen LogP contribution in [0.3, 0.4) is 0 Å². The van der Waals surface area contributed by atoms with Crippen LogP contribution in [-0.4, -0.2) is 16.9 Å². The van der Waals surface area contributed by atoms with Gasteiger partial charge < -0.3 is 10.5 Å². The number of hydrogen-bond donors (Lipinski definition) is 1. The molecule has 4 nitrogen and oxygen atoms in total.